The molecule has 0 unspecified atom stereocenters. The first-order valence-electron chi connectivity index (χ1n) is 6.33. The van der Waals surface area contributed by atoms with E-state index in [1.807, 2.05) is 37.3 Å². The van der Waals surface area contributed by atoms with Crippen LogP contribution < -0.4 is 10.6 Å². The molecule has 17 heavy (non-hydrogen) atoms. The average molecular weight is 232 g/mol. The van der Waals surface area contributed by atoms with Crippen molar-refractivity contribution in [2.24, 2.45) is 5.92 Å². The van der Waals surface area contributed by atoms with Gasteiger partial charge in [-0.2, -0.15) is 0 Å². The van der Waals surface area contributed by atoms with Crippen LogP contribution in [0.4, 0.5) is 0 Å². The van der Waals surface area contributed by atoms with Crippen LogP contribution in [-0.2, 0) is 4.79 Å². The Morgan fingerprint density at radius 3 is 2.59 bits per heavy atom. The number of carbonyl (C=O) groups excluding carboxylic acids is 1. The van der Waals surface area contributed by atoms with Crippen molar-refractivity contribution in [2.45, 2.75) is 25.8 Å². The van der Waals surface area contributed by atoms with Gasteiger partial charge in [0.15, 0.2) is 0 Å². The fraction of sp³-hybridized carbons (Fsp3) is 0.500. The Balaban J connectivity index is 1.89. The van der Waals surface area contributed by atoms with Crippen LogP contribution in [0.25, 0.3) is 0 Å². The van der Waals surface area contributed by atoms with E-state index in [9.17, 15) is 4.79 Å². The number of benzene rings is 1. The Labute approximate surface area is 103 Å². The lowest BCUT2D eigenvalue weighted by Crippen LogP contribution is -2.39. The van der Waals surface area contributed by atoms with Gasteiger partial charge in [0.1, 0.15) is 0 Å². The molecule has 0 aliphatic carbocycles. The van der Waals surface area contributed by atoms with E-state index in [1.165, 1.54) is 0 Å². The van der Waals surface area contributed by atoms with E-state index in [0.29, 0.717) is 0 Å². The lowest BCUT2D eigenvalue weighted by molar-refractivity contribution is -0.126. The highest BCUT2D eigenvalue weighted by molar-refractivity contribution is 5.79. The van der Waals surface area contributed by atoms with Crippen LogP contribution in [0, 0.1) is 5.92 Å². The molecule has 1 heterocycles. The van der Waals surface area contributed by atoms with Crippen LogP contribution in [-0.4, -0.2) is 19.0 Å². The molecule has 92 valence electrons. The Morgan fingerprint density at radius 1 is 1.29 bits per heavy atom. The van der Waals surface area contributed by atoms with E-state index in [2.05, 4.69) is 10.6 Å². The lowest BCUT2D eigenvalue weighted by atomic mass is 9.96. The SMILES string of the molecule is C[C@H](NC(=O)C1CCNCC1)c1ccccc1. The molecule has 0 bridgehead atoms. The summed E-state index contributed by atoms with van der Waals surface area (Å²) in [6.07, 6.45) is 1.90. The molecule has 0 aromatic heterocycles. The van der Waals surface area contributed by atoms with Crippen molar-refractivity contribution in [3.05, 3.63) is 35.9 Å². The number of carbonyl (C=O) groups is 1. The van der Waals surface area contributed by atoms with Gasteiger partial charge >= 0.3 is 0 Å². The van der Waals surface area contributed by atoms with Gasteiger partial charge in [-0.05, 0) is 38.4 Å². The van der Waals surface area contributed by atoms with E-state index < -0.39 is 0 Å². The molecular formula is C14H20N2O. The van der Waals surface area contributed by atoms with Gasteiger partial charge in [0.25, 0.3) is 0 Å². The van der Waals surface area contributed by atoms with Crippen molar-refractivity contribution in [1.29, 1.82) is 0 Å². The fourth-order valence-electron chi connectivity index (χ4n) is 2.24. The minimum Gasteiger partial charge on any atom is -0.349 e. The molecule has 1 amide bonds. The zero-order valence-electron chi connectivity index (χ0n) is 10.3. The van der Waals surface area contributed by atoms with Crippen LogP contribution >= 0.6 is 0 Å². The Bertz CT molecular complexity index is 358. The van der Waals surface area contributed by atoms with Crippen LogP contribution in [0.1, 0.15) is 31.4 Å². The average Bonchev–Trinajstić information content (AvgIpc) is 2.40. The highest BCUT2D eigenvalue weighted by atomic mass is 16.1. The van der Waals surface area contributed by atoms with E-state index in [0.717, 1.165) is 31.5 Å². The van der Waals surface area contributed by atoms with Crippen LogP contribution in [0.2, 0.25) is 0 Å². The van der Waals surface area contributed by atoms with Gasteiger partial charge in [0.2, 0.25) is 5.91 Å². The van der Waals surface area contributed by atoms with Crippen molar-refractivity contribution in [1.82, 2.24) is 10.6 Å². The van der Waals surface area contributed by atoms with Crippen LogP contribution in [0.5, 0.6) is 0 Å². The number of amides is 1. The second kappa shape index (κ2) is 5.82. The van der Waals surface area contributed by atoms with Crippen LogP contribution in [0.3, 0.4) is 0 Å². The first-order valence-corrected chi connectivity index (χ1v) is 6.33. The third-order valence-electron chi connectivity index (χ3n) is 3.37. The Kier molecular flexibility index (Phi) is 4.15. The summed E-state index contributed by atoms with van der Waals surface area (Å²) < 4.78 is 0. The number of rotatable bonds is 3. The molecule has 1 aromatic carbocycles. The molecule has 1 aromatic rings. The predicted octanol–water partition coefficient (Wildman–Crippen LogP) is 1.86. The minimum atomic E-state index is 0.0959. The molecule has 1 fully saturated rings. The van der Waals surface area contributed by atoms with Gasteiger partial charge in [-0.3, -0.25) is 4.79 Å². The van der Waals surface area contributed by atoms with Crippen molar-refractivity contribution >= 4 is 5.91 Å². The summed E-state index contributed by atoms with van der Waals surface area (Å²) >= 11 is 0. The number of nitrogens with one attached hydrogen (secondary N) is 2. The molecule has 1 aliphatic heterocycles. The number of piperidine rings is 1. The summed E-state index contributed by atoms with van der Waals surface area (Å²) in [6, 6.07) is 10.2. The van der Waals surface area contributed by atoms with E-state index in [4.69, 9.17) is 0 Å². The molecular weight excluding hydrogens is 212 g/mol. The van der Waals surface area contributed by atoms with E-state index in [1.54, 1.807) is 0 Å². The van der Waals surface area contributed by atoms with Crippen LogP contribution in [0.15, 0.2) is 30.3 Å². The molecule has 2 N–H and O–H groups in total. The molecule has 3 nitrogen and oxygen atoms in total. The molecule has 0 spiro atoms. The van der Waals surface area contributed by atoms with Crippen molar-refractivity contribution < 1.29 is 4.79 Å². The highest BCUT2D eigenvalue weighted by Crippen LogP contribution is 2.16. The third kappa shape index (κ3) is 3.30. The molecule has 2 rings (SSSR count). The maximum atomic E-state index is 12.0. The number of hydrogen-bond donors (Lipinski definition) is 2. The summed E-state index contributed by atoms with van der Waals surface area (Å²) in [7, 11) is 0. The molecule has 0 radical (unpaired) electrons. The Morgan fingerprint density at radius 2 is 1.94 bits per heavy atom. The highest BCUT2D eigenvalue weighted by Gasteiger charge is 2.22. The summed E-state index contributed by atoms with van der Waals surface area (Å²) in [5, 5.41) is 6.37. The maximum Gasteiger partial charge on any atom is 0.223 e. The lowest BCUT2D eigenvalue weighted by Gasteiger charge is -2.24. The maximum absolute atomic E-state index is 12.0. The van der Waals surface area contributed by atoms with Gasteiger partial charge < -0.3 is 10.6 Å². The third-order valence-corrected chi connectivity index (χ3v) is 3.37. The normalized spacial score (nSPS) is 18.6. The second-order valence-corrected chi connectivity index (χ2v) is 4.67. The van der Waals surface area contributed by atoms with E-state index in [-0.39, 0.29) is 17.9 Å². The zero-order chi connectivity index (χ0) is 12.1. The summed E-state index contributed by atoms with van der Waals surface area (Å²) in [5.74, 6) is 0.380. The second-order valence-electron chi connectivity index (χ2n) is 4.67. The van der Waals surface area contributed by atoms with Crippen molar-refractivity contribution in [2.75, 3.05) is 13.1 Å². The first-order chi connectivity index (χ1) is 8.27. The summed E-state index contributed by atoms with van der Waals surface area (Å²) in [5.41, 5.74) is 1.16. The first kappa shape index (κ1) is 12.1. The summed E-state index contributed by atoms with van der Waals surface area (Å²) in [6.45, 7) is 3.95. The van der Waals surface area contributed by atoms with Gasteiger partial charge in [-0.25, -0.2) is 0 Å². The number of hydrogen-bond acceptors (Lipinski definition) is 2. The van der Waals surface area contributed by atoms with Gasteiger partial charge in [-0.1, -0.05) is 30.3 Å². The largest absolute Gasteiger partial charge is 0.349 e. The summed E-state index contributed by atoms with van der Waals surface area (Å²) in [4.78, 5) is 12.0. The molecule has 1 saturated heterocycles. The smallest absolute Gasteiger partial charge is 0.223 e. The van der Waals surface area contributed by atoms with Gasteiger partial charge in [0.05, 0.1) is 6.04 Å². The quantitative estimate of drug-likeness (QED) is 0.835. The zero-order valence-corrected chi connectivity index (χ0v) is 10.3. The van der Waals surface area contributed by atoms with Gasteiger partial charge in [-0.15, -0.1) is 0 Å². The molecule has 0 saturated carbocycles. The fourth-order valence-corrected chi connectivity index (χ4v) is 2.24. The monoisotopic (exact) mass is 232 g/mol. The standard InChI is InChI=1S/C14H20N2O/c1-11(12-5-3-2-4-6-12)16-14(17)13-7-9-15-10-8-13/h2-6,11,13,15H,7-10H2,1H3,(H,16,17)/t11-/m0/s1. The minimum absolute atomic E-state index is 0.0959. The van der Waals surface area contributed by atoms with Gasteiger partial charge in [0, 0.05) is 5.92 Å². The Hall–Kier alpha value is -1.35. The topological polar surface area (TPSA) is 41.1 Å². The molecule has 1 aliphatic rings. The molecule has 1 atom stereocenters. The molecule has 3 heteroatoms. The predicted molar refractivity (Wildman–Crippen MR) is 68.6 cm³/mol. The van der Waals surface area contributed by atoms with Crippen molar-refractivity contribution in [3.63, 3.8) is 0 Å². The van der Waals surface area contributed by atoms with E-state index >= 15 is 0 Å². The van der Waals surface area contributed by atoms with Crippen molar-refractivity contribution in [3.8, 4) is 0 Å².